The zero-order chi connectivity index (χ0) is 15.5. The molecule has 1 saturated heterocycles. The normalized spacial score (nSPS) is 19.2. The molecule has 22 heavy (non-hydrogen) atoms. The van der Waals surface area contributed by atoms with Crippen LogP contribution in [0.5, 0.6) is 0 Å². The average Bonchev–Trinajstić information content (AvgIpc) is 2.90. The van der Waals surface area contributed by atoms with Crippen LogP contribution in [0.2, 0.25) is 5.02 Å². The van der Waals surface area contributed by atoms with Crippen molar-refractivity contribution in [3.05, 3.63) is 46.6 Å². The first-order chi connectivity index (χ1) is 10.6. The SMILES string of the molecule is Cc1noc(CC2C(=O)NCCN2Cc2ccccc2Cl)n1. The minimum atomic E-state index is -0.329. The molecule has 1 aliphatic rings. The van der Waals surface area contributed by atoms with E-state index in [4.69, 9.17) is 16.1 Å². The largest absolute Gasteiger partial charge is 0.353 e. The molecule has 1 amide bonds. The fourth-order valence-electron chi connectivity index (χ4n) is 2.61. The number of amides is 1. The molecule has 1 atom stereocenters. The summed E-state index contributed by atoms with van der Waals surface area (Å²) < 4.78 is 5.14. The first-order valence-corrected chi connectivity index (χ1v) is 7.55. The molecule has 0 radical (unpaired) electrons. The third-order valence-corrected chi connectivity index (χ3v) is 4.08. The van der Waals surface area contributed by atoms with Gasteiger partial charge in [0.15, 0.2) is 5.82 Å². The number of aryl methyl sites for hydroxylation is 1. The second-order valence-electron chi connectivity index (χ2n) is 5.31. The fourth-order valence-corrected chi connectivity index (χ4v) is 2.80. The molecule has 6 nitrogen and oxygen atoms in total. The molecule has 2 heterocycles. The Hall–Kier alpha value is -1.92. The highest BCUT2D eigenvalue weighted by Crippen LogP contribution is 2.20. The van der Waals surface area contributed by atoms with Crippen molar-refractivity contribution in [1.29, 1.82) is 0 Å². The van der Waals surface area contributed by atoms with E-state index in [0.717, 1.165) is 12.1 Å². The van der Waals surface area contributed by atoms with Crippen LogP contribution in [0.25, 0.3) is 0 Å². The van der Waals surface area contributed by atoms with Crippen molar-refractivity contribution in [3.63, 3.8) is 0 Å². The number of hydrogen-bond acceptors (Lipinski definition) is 5. The Labute approximate surface area is 133 Å². The topological polar surface area (TPSA) is 71.3 Å². The van der Waals surface area contributed by atoms with Crippen LogP contribution in [0.1, 0.15) is 17.3 Å². The molecule has 1 aromatic carbocycles. The summed E-state index contributed by atoms with van der Waals surface area (Å²) in [6.07, 6.45) is 0.400. The van der Waals surface area contributed by atoms with Gasteiger partial charge in [-0.25, -0.2) is 0 Å². The first-order valence-electron chi connectivity index (χ1n) is 7.18. The summed E-state index contributed by atoms with van der Waals surface area (Å²) in [5.41, 5.74) is 1.01. The van der Waals surface area contributed by atoms with Crippen LogP contribution in [0.15, 0.2) is 28.8 Å². The number of hydrogen-bond donors (Lipinski definition) is 1. The van der Waals surface area contributed by atoms with Crippen LogP contribution in [-0.2, 0) is 17.8 Å². The van der Waals surface area contributed by atoms with Gasteiger partial charge in [0.2, 0.25) is 11.8 Å². The summed E-state index contributed by atoms with van der Waals surface area (Å²) in [5.74, 6) is 1.03. The van der Waals surface area contributed by atoms with Crippen LogP contribution in [0.3, 0.4) is 0 Å². The standard InChI is InChI=1S/C15H17ClN4O2/c1-10-18-14(22-19-10)8-13-15(21)17-6-7-20(13)9-11-4-2-3-5-12(11)16/h2-5,13H,6-9H2,1H3,(H,17,21). The summed E-state index contributed by atoms with van der Waals surface area (Å²) in [7, 11) is 0. The first kappa shape index (κ1) is 15.0. The van der Waals surface area contributed by atoms with E-state index in [-0.39, 0.29) is 11.9 Å². The molecule has 0 aliphatic carbocycles. The molecule has 0 bridgehead atoms. The maximum absolute atomic E-state index is 12.2. The van der Waals surface area contributed by atoms with Gasteiger partial charge in [-0.2, -0.15) is 4.98 Å². The van der Waals surface area contributed by atoms with Gasteiger partial charge in [-0.1, -0.05) is 35.0 Å². The highest BCUT2D eigenvalue weighted by atomic mass is 35.5. The number of piperazine rings is 1. The summed E-state index contributed by atoms with van der Waals surface area (Å²) >= 11 is 6.22. The van der Waals surface area contributed by atoms with Gasteiger partial charge in [0.25, 0.3) is 0 Å². The molecule has 1 aliphatic heterocycles. The monoisotopic (exact) mass is 320 g/mol. The number of benzene rings is 1. The van der Waals surface area contributed by atoms with Crippen molar-refractivity contribution in [2.24, 2.45) is 0 Å². The molecule has 1 aromatic heterocycles. The van der Waals surface area contributed by atoms with Crippen molar-refractivity contribution in [2.75, 3.05) is 13.1 Å². The molecule has 1 unspecified atom stereocenters. The number of rotatable bonds is 4. The maximum atomic E-state index is 12.2. The third kappa shape index (κ3) is 3.28. The fraction of sp³-hybridized carbons (Fsp3) is 0.400. The zero-order valence-electron chi connectivity index (χ0n) is 12.3. The van der Waals surface area contributed by atoms with Gasteiger partial charge in [0.1, 0.15) is 0 Å². The smallest absolute Gasteiger partial charge is 0.237 e. The molecule has 1 fully saturated rings. The van der Waals surface area contributed by atoms with Crippen molar-refractivity contribution in [1.82, 2.24) is 20.4 Å². The average molecular weight is 321 g/mol. The second-order valence-corrected chi connectivity index (χ2v) is 5.72. The molecular formula is C15H17ClN4O2. The number of nitrogens with one attached hydrogen (secondary N) is 1. The summed E-state index contributed by atoms with van der Waals surface area (Å²) in [4.78, 5) is 18.5. The molecule has 7 heteroatoms. The maximum Gasteiger partial charge on any atom is 0.237 e. The molecule has 3 rings (SSSR count). The minimum absolute atomic E-state index is 0.0193. The lowest BCUT2D eigenvalue weighted by atomic mass is 10.1. The van der Waals surface area contributed by atoms with E-state index >= 15 is 0 Å². The Balaban J connectivity index is 1.78. The number of halogens is 1. The number of aromatic nitrogens is 2. The van der Waals surface area contributed by atoms with Gasteiger partial charge in [-0.15, -0.1) is 0 Å². The highest BCUT2D eigenvalue weighted by Gasteiger charge is 2.31. The predicted molar refractivity (Wildman–Crippen MR) is 81.4 cm³/mol. The summed E-state index contributed by atoms with van der Waals surface area (Å²) in [5, 5.41) is 7.37. The third-order valence-electron chi connectivity index (χ3n) is 3.71. The van der Waals surface area contributed by atoms with Gasteiger partial charge in [0.05, 0.1) is 12.5 Å². The number of carbonyl (C=O) groups excluding carboxylic acids is 1. The van der Waals surface area contributed by atoms with Crippen molar-refractivity contribution >= 4 is 17.5 Å². The van der Waals surface area contributed by atoms with E-state index in [0.29, 0.717) is 36.2 Å². The Kier molecular flexibility index (Phi) is 4.40. The van der Waals surface area contributed by atoms with Crippen molar-refractivity contribution < 1.29 is 9.32 Å². The molecular weight excluding hydrogens is 304 g/mol. The lowest BCUT2D eigenvalue weighted by Crippen LogP contribution is -2.55. The van der Waals surface area contributed by atoms with Gasteiger partial charge >= 0.3 is 0 Å². The molecule has 2 aromatic rings. The summed E-state index contributed by atoms with van der Waals surface area (Å²) in [6.45, 7) is 3.76. The Morgan fingerprint density at radius 2 is 2.27 bits per heavy atom. The molecule has 0 spiro atoms. The van der Waals surface area contributed by atoms with E-state index < -0.39 is 0 Å². The van der Waals surface area contributed by atoms with Gasteiger partial charge in [0, 0.05) is 24.7 Å². The van der Waals surface area contributed by atoms with Crippen LogP contribution < -0.4 is 5.32 Å². The van der Waals surface area contributed by atoms with Crippen LogP contribution >= 0.6 is 11.6 Å². The Morgan fingerprint density at radius 1 is 1.45 bits per heavy atom. The quantitative estimate of drug-likeness (QED) is 0.926. The number of carbonyl (C=O) groups is 1. The van der Waals surface area contributed by atoms with E-state index in [1.165, 1.54) is 0 Å². The Morgan fingerprint density at radius 3 is 3.00 bits per heavy atom. The van der Waals surface area contributed by atoms with Crippen molar-refractivity contribution in [2.45, 2.75) is 25.9 Å². The second kappa shape index (κ2) is 6.46. The van der Waals surface area contributed by atoms with Crippen LogP contribution in [0.4, 0.5) is 0 Å². The predicted octanol–water partition coefficient (Wildman–Crippen LogP) is 1.57. The number of nitrogens with zero attached hydrogens (tertiary/aromatic N) is 3. The Bertz CT molecular complexity index is 673. The van der Waals surface area contributed by atoms with Crippen LogP contribution in [0, 0.1) is 6.92 Å². The lowest BCUT2D eigenvalue weighted by Gasteiger charge is -2.34. The van der Waals surface area contributed by atoms with Gasteiger partial charge < -0.3 is 9.84 Å². The van der Waals surface area contributed by atoms with Gasteiger partial charge in [-0.3, -0.25) is 9.69 Å². The minimum Gasteiger partial charge on any atom is -0.353 e. The molecule has 1 N–H and O–H groups in total. The molecule has 116 valence electrons. The van der Waals surface area contributed by atoms with Crippen LogP contribution in [-0.4, -0.2) is 40.1 Å². The van der Waals surface area contributed by atoms with Crippen molar-refractivity contribution in [3.8, 4) is 0 Å². The van der Waals surface area contributed by atoms with E-state index in [9.17, 15) is 4.79 Å². The summed E-state index contributed by atoms with van der Waals surface area (Å²) in [6, 6.07) is 7.35. The van der Waals surface area contributed by atoms with E-state index in [1.807, 2.05) is 24.3 Å². The van der Waals surface area contributed by atoms with E-state index in [1.54, 1.807) is 6.92 Å². The zero-order valence-corrected chi connectivity index (χ0v) is 13.0. The highest BCUT2D eigenvalue weighted by molar-refractivity contribution is 6.31. The molecule has 0 saturated carbocycles. The van der Waals surface area contributed by atoms with Gasteiger partial charge in [-0.05, 0) is 18.6 Å². The lowest BCUT2D eigenvalue weighted by molar-refractivity contribution is -0.129. The van der Waals surface area contributed by atoms with E-state index in [2.05, 4.69) is 20.4 Å².